The van der Waals surface area contributed by atoms with E-state index in [0.29, 0.717) is 42.2 Å². The lowest BCUT2D eigenvalue weighted by molar-refractivity contribution is -0.131. The highest BCUT2D eigenvalue weighted by Crippen LogP contribution is 2.33. The molecule has 1 unspecified atom stereocenters. The van der Waals surface area contributed by atoms with E-state index in [0.717, 1.165) is 17.8 Å². The Balaban J connectivity index is 1.64. The monoisotopic (exact) mass is 501 g/mol. The van der Waals surface area contributed by atoms with Crippen LogP contribution in [-0.4, -0.2) is 45.6 Å². The Hall–Kier alpha value is -3.70. The van der Waals surface area contributed by atoms with Crippen molar-refractivity contribution in [3.05, 3.63) is 76.8 Å². The molecular weight excluding hydrogens is 475 g/mol. The van der Waals surface area contributed by atoms with E-state index in [1.54, 1.807) is 23.0 Å². The summed E-state index contributed by atoms with van der Waals surface area (Å²) in [4.78, 5) is 28.3. The number of methoxy groups -OCH3 is 1. The molecular formula is C25H26F3N5O3. The molecule has 0 saturated carbocycles. The molecule has 1 aromatic carbocycles. The molecule has 2 aromatic heterocycles. The molecule has 1 aliphatic rings. The first-order chi connectivity index (χ1) is 17.3. The van der Waals surface area contributed by atoms with Gasteiger partial charge in [-0.05, 0) is 62.1 Å². The average Bonchev–Trinajstić information content (AvgIpc) is 3.30. The maximum Gasteiger partial charge on any atom is 0.250 e. The van der Waals surface area contributed by atoms with E-state index in [-0.39, 0.29) is 24.5 Å². The Kier molecular flexibility index (Phi) is 7.70. The Morgan fingerprint density at radius 3 is 2.61 bits per heavy atom. The van der Waals surface area contributed by atoms with Crippen molar-refractivity contribution in [2.75, 3.05) is 20.3 Å². The number of rotatable bonds is 8. The van der Waals surface area contributed by atoms with Gasteiger partial charge in [-0.15, -0.1) is 0 Å². The number of nitrogens with two attached hydrogens (primary N) is 1. The van der Waals surface area contributed by atoms with Gasteiger partial charge in [0.25, 0.3) is 0 Å². The highest BCUT2D eigenvalue weighted by atomic mass is 19.2. The molecule has 11 heteroatoms. The number of likely N-dealkylation sites (tertiary alicyclic amines) is 1. The van der Waals surface area contributed by atoms with Gasteiger partial charge >= 0.3 is 0 Å². The minimum absolute atomic E-state index is 0.0298. The number of hydrogen-bond acceptors (Lipinski definition) is 6. The molecule has 0 radical (unpaired) electrons. The van der Waals surface area contributed by atoms with Crippen LogP contribution in [0.5, 0.6) is 5.88 Å². The molecule has 0 bridgehead atoms. The zero-order valence-electron chi connectivity index (χ0n) is 19.9. The molecule has 36 heavy (non-hydrogen) atoms. The van der Waals surface area contributed by atoms with Crippen molar-refractivity contribution in [3.8, 4) is 11.6 Å². The lowest BCUT2D eigenvalue weighted by Gasteiger charge is -2.36. The number of aromatic nitrogens is 3. The van der Waals surface area contributed by atoms with Crippen LogP contribution in [0.4, 0.5) is 13.2 Å². The fraction of sp³-hybridized carbons (Fsp3) is 0.320. The molecule has 1 fully saturated rings. The Labute approximate surface area is 206 Å². The van der Waals surface area contributed by atoms with Crippen LogP contribution in [0.25, 0.3) is 11.8 Å². The highest BCUT2D eigenvalue weighted by Gasteiger charge is 2.31. The van der Waals surface area contributed by atoms with E-state index in [4.69, 9.17) is 10.6 Å². The predicted octanol–water partition coefficient (Wildman–Crippen LogP) is 4.03. The van der Waals surface area contributed by atoms with Gasteiger partial charge in [0.2, 0.25) is 11.8 Å². The first kappa shape index (κ1) is 25.4. The van der Waals surface area contributed by atoms with Crippen LogP contribution >= 0.6 is 0 Å². The number of aryl methyl sites for hydroxylation is 1. The quantitative estimate of drug-likeness (QED) is 0.285. The Morgan fingerprint density at radius 2 is 1.97 bits per heavy atom. The number of amides is 1. The Bertz CT molecular complexity index is 1270. The zero-order valence-corrected chi connectivity index (χ0v) is 19.9. The van der Waals surface area contributed by atoms with Crippen LogP contribution in [0.15, 0.2) is 42.4 Å². The van der Waals surface area contributed by atoms with Crippen LogP contribution < -0.4 is 10.6 Å². The van der Waals surface area contributed by atoms with Crippen molar-refractivity contribution in [2.24, 2.45) is 5.90 Å². The van der Waals surface area contributed by atoms with Crippen molar-refractivity contribution in [3.63, 3.8) is 0 Å². The molecule has 3 aromatic rings. The fourth-order valence-corrected chi connectivity index (χ4v) is 4.32. The molecule has 2 N–H and O–H groups in total. The summed E-state index contributed by atoms with van der Waals surface area (Å²) in [6.45, 7) is 2.25. The largest absolute Gasteiger partial charge is 0.479 e. The zero-order chi connectivity index (χ0) is 25.8. The number of carbonyl (C=O) groups excluding carboxylic acids is 1. The Morgan fingerprint density at radius 1 is 1.22 bits per heavy atom. The second-order valence-electron chi connectivity index (χ2n) is 8.43. The number of pyridine rings is 1. The summed E-state index contributed by atoms with van der Waals surface area (Å²) in [6, 6.07) is 4.61. The smallest absolute Gasteiger partial charge is 0.250 e. The summed E-state index contributed by atoms with van der Waals surface area (Å²) in [5.41, 5.74) is 2.64. The van der Waals surface area contributed by atoms with Gasteiger partial charge in [0.05, 0.1) is 37.5 Å². The van der Waals surface area contributed by atoms with Crippen molar-refractivity contribution in [1.29, 1.82) is 0 Å². The SMILES string of the molecule is COc1nc(C=C2CCCN(C(CCON)c3cc(F)c(F)c(F)c3)C2=O)ccc1-n1cnc(C)c1. The van der Waals surface area contributed by atoms with Crippen LogP contribution in [0, 0.1) is 24.4 Å². The van der Waals surface area contributed by atoms with Gasteiger partial charge in [0.1, 0.15) is 5.69 Å². The highest BCUT2D eigenvalue weighted by molar-refractivity contribution is 5.98. The van der Waals surface area contributed by atoms with Gasteiger partial charge < -0.3 is 19.0 Å². The minimum atomic E-state index is -1.56. The fourth-order valence-electron chi connectivity index (χ4n) is 4.32. The second-order valence-corrected chi connectivity index (χ2v) is 8.43. The van der Waals surface area contributed by atoms with E-state index >= 15 is 0 Å². The van der Waals surface area contributed by atoms with E-state index in [2.05, 4.69) is 14.8 Å². The molecule has 1 atom stereocenters. The van der Waals surface area contributed by atoms with Crippen molar-refractivity contribution in [1.82, 2.24) is 19.4 Å². The summed E-state index contributed by atoms with van der Waals surface area (Å²) < 4.78 is 48.7. The van der Waals surface area contributed by atoms with E-state index < -0.39 is 23.5 Å². The van der Waals surface area contributed by atoms with Gasteiger partial charge in [-0.2, -0.15) is 0 Å². The van der Waals surface area contributed by atoms with Gasteiger partial charge in [0.15, 0.2) is 17.5 Å². The number of halogens is 3. The molecule has 190 valence electrons. The summed E-state index contributed by atoms with van der Waals surface area (Å²) in [7, 11) is 1.51. The number of hydrogen-bond donors (Lipinski definition) is 1. The molecule has 1 saturated heterocycles. The van der Waals surface area contributed by atoms with Gasteiger partial charge in [-0.3, -0.25) is 4.79 Å². The molecule has 3 heterocycles. The van der Waals surface area contributed by atoms with Crippen LogP contribution in [-0.2, 0) is 9.63 Å². The third-order valence-corrected chi connectivity index (χ3v) is 6.02. The molecule has 0 spiro atoms. The molecule has 4 rings (SSSR count). The first-order valence-corrected chi connectivity index (χ1v) is 11.4. The summed E-state index contributed by atoms with van der Waals surface area (Å²) >= 11 is 0. The number of carbonyl (C=O) groups is 1. The summed E-state index contributed by atoms with van der Waals surface area (Å²) in [5.74, 6) is 0.995. The van der Waals surface area contributed by atoms with Crippen molar-refractivity contribution < 1.29 is 27.5 Å². The molecule has 8 nitrogen and oxygen atoms in total. The standard InChI is InChI=1S/C25H26F3N5O3/c1-15-13-32(14-30-15)22-6-5-18(31-24(22)35-2)10-16-4-3-8-33(25(16)34)21(7-9-36-29)17-11-19(26)23(28)20(27)12-17/h5-6,10-14,21H,3-4,7-9,29H2,1-2H3. The number of imidazole rings is 1. The molecule has 1 amide bonds. The van der Waals surface area contributed by atoms with Crippen LogP contribution in [0.3, 0.4) is 0 Å². The maximum atomic E-state index is 14.0. The maximum absolute atomic E-state index is 14.0. The second kappa shape index (κ2) is 10.9. The number of piperidine rings is 1. The topological polar surface area (TPSA) is 95.5 Å². The van der Waals surface area contributed by atoms with E-state index in [1.165, 1.54) is 12.0 Å². The van der Waals surface area contributed by atoms with E-state index in [1.807, 2.05) is 19.2 Å². The molecule has 0 aliphatic carbocycles. The average molecular weight is 502 g/mol. The van der Waals surface area contributed by atoms with Crippen molar-refractivity contribution >= 4 is 12.0 Å². The van der Waals surface area contributed by atoms with Crippen LogP contribution in [0.1, 0.15) is 42.3 Å². The van der Waals surface area contributed by atoms with E-state index in [9.17, 15) is 18.0 Å². The number of ether oxygens (including phenoxy) is 1. The van der Waals surface area contributed by atoms with Gasteiger partial charge in [0, 0.05) is 18.3 Å². The lowest BCUT2D eigenvalue weighted by Crippen LogP contribution is -2.40. The third kappa shape index (κ3) is 5.26. The number of benzene rings is 1. The molecule has 1 aliphatic heterocycles. The first-order valence-electron chi connectivity index (χ1n) is 11.4. The predicted molar refractivity (Wildman–Crippen MR) is 125 cm³/mol. The lowest BCUT2D eigenvalue weighted by atomic mass is 9.95. The third-order valence-electron chi connectivity index (χ3n) is 6.02. The van der Waals surface area contributed by atoms with Gasteiger partial charge in [-0.25, -0.2) is 29.0 Å². The van der Waals surface area contributed by atoms with Crippen molar-refractivity contribution in [2.45, 2.75) is 32.2 Å². The summed E-state index contributed by atoms with van der Waals surface area (Å²) in [6.07, 6.45) is 6.45. The van der Waals surface area contributed by atoms with Crippen LogP contribution in [0.2, 0.25) is 0 Å². The minimum Gasteiger partial charge on any atom is -0.479 e. The normalized spacial score (nSPS) is 16.0. The summed E-state index contributed by atoms with van der Waals surface area (Å²) in [5, 5.41) is 0. The number of nitrogens with zero attached hydrogens (tertiary/aromatic N) is 4. The van der Waals surface area contributed by atoms with Gasteiger partial charge in [-0.1, -0.05) is 0 Å².